The van der Waals surface area contributed by atoms with Crippen LogP contribution < -0.4 is 10.5 Å². The van der Waals surface area contributed by atoms with Crippen molar-refractivity contribution in [2.75, 3.05) is 32.1 Å². The van der Waals surface area contributed by atoms with Crippen molar-refractivity contribution in [1.29, 1.82) is 0 Å². The number of amides is 1. The number of hydrogen-bond acceptors (Lipinski definition) is 6. The SMILES string of the molecule is Cc1cc(CC(=O)N2CCc3nc(N(C)C)[nH]c(=O)c3CC2)on1. The Morgan fingerprint density at radius 3 is 2.79 bits per heavy atom. The Morgan fingerprint density at radius 1 is 1.38 bits per heavy atom. The fourth-order valence-electron chi connectivity index (χ4n) is 2.82. The molecule has 0 bridgehead atoms. The van der Waals surface area contributed by atoms with Gasteiger partial charge in [-0.15, -0.1) is 0 Å². The summed E-state index contributed by atoms with van der Waals surface area (Å²) in [5.74, 6) is 1.07. The maximum Gasteiger partial charge on any atom is 0.255 e. The first kappa shape index (κ1) is 16.2. The molecule has 8 nitrogen and oxygen atoms in total. The van der Waals surface area contributed by atoms with Crippen LogP contribution in [-0.2, 0) is 24.1 Å². The molecule has 1 amide bonds. The van der Waals surface area contributed by atoms with E-state index >= 15 is 0 Å². The van der Waals surface area contributed by atoms with Gasteiger partial charge in [0.15, 0.2) is 0 Å². The van der Waals surface area contributed by atoms with E-state index in [1.54, 1.807) is 15.9 Å². The maximum atomic E-state index is 12.5. The molecule has 1 aliphatic rings. The lowest BCUT2D eigenvalue weighted by atomic mass is 10.1. The fourth-order valence-corrected chi connectivity index (χ4v) is 2.82. The molecule has 2 aromatic rings. The molecule has 0 spiro atoms. The van der Waals surface area contributed by atoms with Crippen LogP contribution in [0.3, 0.4) is 0 Å². The number of hydrogen-bond donors (Lipinski definition) is 1. The number of carbonyl (C=O) groups excluding carboxylic acids is 1. The van der Waals surface area contributed by atoms with E-state index in [4.69, 9.17) is 4.52 Å². The van der Waals surface area contributed by atoms with Gasteiger partial charge in [-0.3, -0.25) is 14.6 Å². The zero-order valence-corrected chi connectivity index (χ0v) is 14.1. The van der Waals surface area contributed by atoms with Gasteiger partial charge >= 0.3 is 0 Å². The van der Waals surface area contributed by atoms with E-state index < -0.39 is 0 Å². The van der Waals surface area contributed by atoms with E-state index in [1.807, 2.05) is 21.0 Å². The molecule has 128 valence electrons. The summed E-state index contributed by atoms with van der Waals surface area (Å²) in [6.07, 6.45) is 1.26. The topological polar surface area (TPSA) is 95.3 Å². The minimum Gasteiger partial charge on any atom is -0.361 e. The van der Waals surface area contributed by atoms with Crippen molar-refractivity contribution in [1.82, 2.24) is 20.0 Å². The first-order valence-corrected chi connectivity index (χ1v) is 7.93. The van der Waals surface area contributed by atoms with Gasteiger partial charge in [-0.2, -0.15) is 0 Å². The quantitative estimate of drug-likeness (QED) is 0.869. The standard InChI is InChI=1S/C16H21N5O3/c1-10-8-11(24-19-10)9-14(22)21-6-4-12-13(5-7-21)17-16(20(2)3)18-15(12)23/h8H,4-7,9H2,1-3H3,(H,17,18,23). The van der Waals surface area contributed by atoms with Gasteiger partial charge in [0.25, 0.3) is 5.56 Å². The number of fused-ring (bicyclic) bond motifs is 1. The van der Waals surface area contributed by atoms with Crippen molar-refractivity contribution in [3.05, 3.63) is 39.1 Å². The number of carbonyl (C=O) groups is 1. The summed E-state index contributed by atoms with van der Waals surface area (Å²) < 4.78 is 5.11. The van der Waals surface area contributed by atoms with Crippen LogP contribution in [0.1, 0.15) is 22.7 Å². The highest BCUT2D eigenvalue weighted by Gasteiger charge is 2.23. The van der Waals surface area contributed by atoms with Crippen LogP contribution in [0.4, 0.5) is 5.95 Å². The molecule has 1 N–H and O–H groups in total. The number of rotatable bonds is 3. The highest BCUT2D eigenvalue weighted by molar-refractivity contribution is 5.78. The lowest BCUT2D eigenvalue weighted by molar-refractivity contribution is -0.130. The highest BCUT2D eigenvalue weighted by atomic mass is 16.5. The molecule has 1 aliphatic heterocycles. The molecule has 0 saturated heterocycles. The lowest BCUT2D eigenvalue weighted by Gasteiger charge is -2.19. The molecule has 8 heteroatoms. The monoisotopic (exact) mass is 331 g/mol. The van der Waals surface area contributed by atoms with E-state index in [0.717, 1.165) is 11.4 Å². The zero-order chi connectivity index (χ0) is 17.3. The van der Waals surface area contributed by atoms with Gasteiger partial charge in [-0.25, -0.2) is 4.98 Å². The molecule has 2 aromatic heterocycles. The number of H-pyrrole nitrogens is 1. The minimum absolute atomic E-state index is 0.0248. The first-order valence-electron chi connectivity index (χ1n) is 7.93. The molecule has 0 aromatic carbocycles. The van der Waals surface area contributed by atoms with Gasteiger partial charge in [0, 0.05) is 45.2 Å². The maximum absolute atomic E-state index is 12.5. The molecular formula is C16H21N5O3. The molecule has 0 radical (unpaired) electrons. The predicted octanol–water partition coefficient (Wildman–Crippen LogP) is 0.302. The van der Waals surface area contributed by atoms with E-state index in [0.29, 0.717) is 43.2 Å². The van der Waals surface area contributed by atoms with E-state index in [1.165, 1.54) is 0 Å². The molecule has 0 unspecified atom stereocenters. The van der Waals surface area contributed by atoms with Crippen molar-refractivity contribution in [2.24, 2.45) is 0 Å². The number of nitrogens with one attached hydrogen (secondary N) is 1. The number of anilines is 1. The predicted molar refractivity (Wildman–Crippen MR) is 88.1 cm³/mol. The molecule has 0 aliphatic carbocycles. The van der Waals surface area contributed by atoms with Gasteiger partial charge < -0.3 is 14.3 Å². The first-order chi connectivity index (χ1) is 11.4. The second-order valence-corrected chi connectivity index (χ2v) is 6.20. The van der Waals surface area contributed by atoms with Crippen molar-refractivity contribution < 1.29 is 9.32 Å². The van der Waals surface area contributed by atoms with Gasteiger partial charge in [-0.05, 0) is 13.3 Å². The van der Waals surface area contributed by atoms with Gasteiger partial charge in [0.1, 0.15) is 5.76 Å². The zero-order valence-electron chi connectivity index (χ0n) is 14.1. The lowest BCUT2D eigenvalue weighted by Crippen LogP contribution is -2.34. The Morgan fingerprint density at radius 2 is 2.12 bits per heavy atom. The van der Waals surface area contributed by atoms with Crippen LogP contribution in [0.15, 0.2) is 15.4 Å². The van der Waals surface area contributed by atoms with E-state index in [2.05, 4.69) is 15.1 Å². The van der Waals surface area contributed by atoms with Crippen molar-refractivity contribution in [3.63, 3.8) is 0 Å². The average molecular weight is 331 g/mol. The molecule has 0 saturated carbocycles. The van der Waals surface area contributed by atoms with Gasteiger partial charge in [0.05, 0.1) is 17.8 Å². The largest absolute Gasteiger partial charge is 0.361 e. The summed E-state index contributed by atoms with van der Waals surface area (Å²) in [6.45, 7) is 2.87. The molecule has 3 rings (SSSR count). The van der Waals surface area contributed by atoms with Crippen molar-refractivity contribution >= 4 is 11.9 Å². The summed E-state index contributed by atoms with van der Waals surface area (Å²) in [5.41, 5.74) is 2.08. The number of aromatic nitrogens is 3. The summed E-state index contributed by atoms with van der Waals surface area (Å²) in [5, 5.41) is 3.80. The third kappa shape index (κ3) is 3.32. The number of aryl methyl sites for hydroxylation is 1. The summed E-state index contributed by atoms with van der Waals surface area (Å²) in [4.78, 5) is 35.6. The molecular weight excluding hydrogens is 310 g/mol. The van der Waals surface area contributed by atoms with Crippen LogP contribution in [0, 0.1) is 6.92 Å². The van der Waals surface area contributed by atoms with Crippen molar-refractivity contribution in [3.8, 4) is 0 Å². The summed E-state index contributed by atoms with van der Waals surface area (Å²) in [6, 6.07) is 1.76. The molecule has 0 atom stereocenters. The molecule has 0 fully saturated rings. The van der Waals surface area contributed by atoms with Crippen LogP contribution in [0.2, 0.25) is 0 Å². The Balaban J connectivity index is 1.74. The molecule has 24 heavy (non-hydrogen) atoms. The second-order valence-electron chi connectivity index (χ2n) is 6.20. The van der Waals surface area contributed by atoms with E-state index in [9.17, 15) is 9.59 Å². The van der Waals surface area contributed by atoms with Gasteiger partial charge in [0.2, 0.25) is 11.9 Å². The minimum atomic E-state index is -0.121. The van der Waals surface area contributed by atoms with Crippen LogP contribution in [0.5, 0.6) is 0 Å². The Hall–Kier alpha value is -2.64. The normalized spacial score (nSPS) is 14.2. The Labute approximate surface area is 139 Å². The summed E-state index contributed by atoms with van der Waals surface area (Å²) in [7, 11) is 3.66. The smallest absolute Gasteiger partial charge is 0.255 e. The van der Waals surface area contributed by atoms with Crippen molar-refractivity contribution in [2.45, 2.75) is 26.2 Å². The van der Waals surface area contributed by atoms with Gasteiger partial charge in [-0.1, -0.05) is 5.16 Å². The van der Waals surface area contributed by atoms with Crippen LogP contribution >= 0.6 is 0 Å². The highest BCUT2D eigenvalue weighted by Crippen LogP contribution is 2.14. The summed E-state index contributed by atoms with van der Waals surface area (Å²) >= 11 is 0. The van der Waals surface area contributed by atoms with E-state index in [-0.39, 0.29) is 17.9 Å². The third-order valence-electron chi connectivity index (χ3n) is 4.12. The molecule has 3 heterocycles. The number of nitrogens with zero attached hydrogens (tertiary/aromatic N) is 4. The Kier molecular flexibility index (Phi) is 4.37. The number of aromatic amines is 1. The second kappa shape index (κ2) is 6.46. The third-order valence-corrected chi connectivity index (χ3v) is 4.12. The fraction of sp³-hybridized carbons (Fsp3) is 0.500. The average Bonchev–Trinajstić information content (AvgIpc) is 2.81. The Bertz CT molecular complexity index is 808. The van der Waals surface area contributed by atoms with Crippen LogP contribution in [-0.4, -0.2) is 53.1 Å². The van der Waals surface area contributed by atoms with Crippen LogP contribution in [0.25, 0.3) is 0 Å².